The number of benzene rings is 1. The van der Waals surface area contributed by atoms with Crippen molar-refractivity contribution in [1.82, 2.24) is 18.7 Å². The Morgan fingerprint density at radius 2 is 1.75 bits per heavy atom. The van der Waals surface area contributed by atoms with Crippen molar-refractivity contribution in [3.8, 4) is 0 Å². The minimum Gasteiger partial charge on any atom is -0.353 e. The molecule has 1 aromatic carbocycles. The van der Waals surface area contributed by atoms with Crippen LogP contribution in [0.5, 0.6) is 0 Å². The number of nitrogens with zero attached hydrogens (tertiary/aromatic N) is 4. The molecule has 9 heteroatoms. The van der Waals surface area contributed by atoms with E-state index in [2.05, 4.69) is 10.3 Å². The first-order valence-corrected chi connectivity index (χ1v) is 9.99. The summed E-state index contributed by atoms with van der Waals surface area (Å²) in [6, 6.07) is 5.60. The maximum absolute atomic E-state index is 12.9. The van der Waals surface area contributed by atoms with Crippen LogP contribution in [0.4, 0.5) is 5.95 Å². The Morgan fingerprint density at radius 3 is 2.39 bits per heavy atom. The van der Waals surface area contributed by atoms with Gasteiger partial charge in [-0.05, 0) is 25.0 Å². The van der Waals surface area contributed by atoms with E-state index in [1.165, 1.54) is 11.6 Å². The second-order valence-corrected chi connectivity index (χ2v) is 8.04. The van der Waals surface area contributed by atoms with Gasteiger partial charge >= 0.3 is 5.69 Å². The van der Waals surface area contributed by atoms with E-state index in [1.54, 1.807) is 29.8 Å². The van der Waals surface area contributed by atoms with Crippen LogP contribution < -0.4 is 16.6 Å². The minimum absolute atomic E-state index is 0.275. The number of hydrogen-bond acceptors (Lipinski definition) is 4. The standard InChI is InChI=1S/C19H21Cl2N5O2/c1-24-16-15(17(27)25(2)19(24)28)26(10-12-13(20)8-5-9-14(12)21)18(23-16)22-11-6-3-4-7-11/h5,8-9,11H,3-4,6-7,10H2,1-2H3,(H,22,23). The van der Waals surface area contributed by atoms with E-state index in [4.69, 9.17) is 23.2 Å². The van der Waals surface area contributed by atoms with Gasteiger partial charge in [-0.3, -0.25) is 18.5 Å². The molecule has 0 amide bonds. The molecule has 2 aromatic heterocycles. The van der Waals surface area contributed by atoms with Gasteiger partial charge in [0.15, 0.2) is 11.2 Å². The van der Waals surface area contributed by atoms with Crippen LogP contribution in [0.2, 0.25) is 10.0 Å². The molecule has 1 aliphatic carbocycles. The Morgan fingerprint density at radius 1 is 1.11 bits per heavy atom. The summed E-state index contributed by atoms with van der Waals surface area (Å²) in [4.78, 5) is 29.9. The molecule has 4 rings (SSSR count). The fraction of sp³-hybridized carbons (Fsp3) is 0.421. The molecule has 1 fully saturated rings. The molecule has 3 aromatic rings. The zero-order valence-electron chi connectivity index (χ0n) is 15.7. The van der Waals surface area contributed by atoms with Crippen molar-refractivity contribution in [2.75, 3.05) is 5.32 Å². The SMILES string of the molecule is Cn1c(=O)c2c(nc(NC3CCCC3)n2Cc2c(Cl)cccc2Cl)n(C)c1=O. The first-order valence-electron chi connectivity index (χ1n) is 9.24. The lowest BCUT2D eigenvalue weighted by atomic mass is 10.2. The Balaban J connectivity index is 1.95. The molecule has 0 unspecified atom stereocenters. The summed E-state index contributed by atoms with van der Waals surface area (Å²) in [7, 11) is 3.08. The predicted octanol–water partition coefficient (Wildman–Crippen LogP) is 3.14. The van der Waals surface area contributed by atoms with Crippen LogP contribution in [-0.4, -0.2) is 24.7 Å². The van der Waals surface area contributed by atoms with Crippen LogP contribution in [-0.2, 0) is 20.6 Å². The van der Waals surface area contributed by atoms with E-state index >= 15 is 0 Å². The summed E-state index contributed by atoms with van der Waals surface area (Å²) in [5, 5.41) is 4.49. The Kier molecular flexibility index (Phi) is 4.97. The highest BCUT2D eigenvalue weighted by molar-refractivity contribution is 6.36. The smallest absolute Gasteiger partial charge is 0.332 e. The molecular formula is C19H21Cl2N5O2. The molecule has 1 aliphatic rings. The van der Waals surface area contributed by atoms with E-state index in [0.29, 0.717) is 32.7 Å². The van der Waals surface area contributed by atoms with Crippen LogP contribution in [0.3, 0.4) is 0 Å². The van der Waals surface area contributed by atoms with Gasteiger partial charge in [-0.2, -0.15) is 4.98 Å². The van der Waals surface area contributed by atoms with Gasteiger partial charge in [-0.25, -0.2) is 4.79 Å². The van der Waals surface area contributed by atoms with Gasteiger partial charge in [-0.1, -0.05) is 42.1 Å². The third-order valence-electron chi connectivity index (χ3n) is 5.41. The Hall–Kier alpha value is -2.25. The lowest BCUT2D eigenvalue weighted by molar-refractivity contribution is 0.700. The Labute approximate surface area is 171 Å². The fourth-order valence-electron chi connectivity index (χ4n) is 3.80. The molecule has 28 heavy (non-hydrogen) atoms. The fourth-order valence-corrected chi connectivity index (χ4v) is 4.32. The highest BCUT2D eigenvalue weighted by Crippen LogP contribution is 2.29. The maximum atomic E-state index is 12.9. The number of halogens is 2. The van der Waals surface area contributed by atoms with Crippen molar-refractivity contribution in [3.63, 3.8) is 0 Å². The molecule has 0 saturated heterocycles. The van der Waals surface area contributed by atoms with Crippen LogP contribution in [0.1, 0.15) is 31.2 Å². The summed E-state index contributed by atoms with van der Waals surface area (Å²) in [5.41, 5.74) is 0.590. The second-order valence-electron chi connectivity index (χ2n) is 7.23. The van der Waals surface area contributed by atoms with Gasteiger partial charge in [0.05, 0.1) is 6.54 Å². The first-order chi connectivity index (χ1) is 13.4. The molecule has 0 radical (unpaired) electrons. The van der Waals surface area contributed by atoms with Crippen molar-refractivity contribution >= 4 is 40.3 Å². The third-order valence-corrected chi connectivity index (χ3v) is 6.12. The van der Waals surface area contributed by atoms with Gasteiger partial charge in [0.1, 0.15) is 0 Å². The number of nitrogens with one attached hydrogen (secondary N) is 1. The summed E-state index contributed by atoms with van der Waals surface area (Å²) < 4.78 is 4.26. The number of hydrogen-bond donors (Lipinski definition) is 1. The van der Waals surface area contributed by atoms with Crippen molar-refractivity contribution < 1.29 is 0 Å². The van der Waals surface area contributed by atoms with Crippen molar-refractivity contribution in [2.45, 2.75) is 38.3 Å². The molecule has 7 nitrogen and oxygen atoms in total. The van der Waals surface area contributed by atoms with E-state index in [-0.39, 0.29) is 12.6 Å². The lowest BCUT2D eigenvalue weighted by Gasteiger charge is -2.16. The highest BCUT2D eigenvalue weighted by atomic mass is 35.5. The number of imidazole rings is 1. The molecular weight excluding hydrogens is 401 g/mol. The zero-order chi connectivity index (χ0) is 20.0. The van der Waals surface area contributed by atoms with Crippen LogP contribution in [0, 0.1) is 0 Å². The van der Waals surface area contributed by atoms with Crippen LogP contribution in [0.25, 0.3) is 11.2 Å². The number of aromatic nitrogens is 4. The summed E-state index contributed by atoms with van der Waals surface area (Å²) in [5.74, 6) is 0.552. The number of fused-ring (bicyclic) bond motifs is 1. The predicted molar refractivity (Wildman–Crippen MR) is 112 cm³/mol. The number of anilines is 1. The maximum Gasteiger partial charge on any atom is 0.332 e. The van der Waals surface area contributed by atoms with Crippen molar-refractivity contribution in [2.24, 2.45) is 14.1 Å². The number of rotatable bonds is 4. The van der Waals surface area contributed by atoms with Crippen molar-refractivity contribution in [3.05, 3.63) is 54.6 Å². The van der Waals surface area contributed by atoms with Crippen LogP contribution in [0.15, 0.2) is 27.8 Å². The second kappa shape index (κ2) is 7.29. The topological polar surface area (TPSA) is 73.8 Å². The minimum atomic E-state index is -0.412. The zero-order valence-corrected chi connectivity index (χ0v) is 17.2. The van der Waals surface area contributed by atoms with Gasteiger partial charge < -0.3 is 5.32 Å². The van der Waals surface area contributed by atoms with Gasteiger partial charge in [-0.15, -0.1) is 0 Å². The van der Waals surface area contributed by atoms with Gasteiger partial charge in [0.25, 0.3) is 5.56 Å². The molecule has 0 aliphatic heterocycles. The molecule has 0 bridgehead atoms. The molecule has 2 heterocycles. The molecule has 1 saturated carbocycles. The summed E-state index contributed by atoms with van der Waals surface area (Å²) in [6.45, 7) is 0.275. The molecule has 0 atom stereocenters. The first kappa shape index (κ1) is 19.1. The lowest BCUT2D eigenvalue weighted by Crippen LogP contribution is -2.37. The third kappa shape index (κ3) is 3.12. The highest BCUT2D eigenvalue weighted by Gasteiger charge is 2.23. The number of aryl methyl sites for hydroxylation is 1. The van der Waals surface area contributed by atoms with Gasteiger partial charge in [0.2, 0.25) is 5.95 Å². The van der Waals surface area contributed by atoms with E-state index < -0.39 is 11.2 Å². The monoisotopic (exact) mass is 421 g/mol. The molecule has 1 N–H and O–H groups in total. The van der Waals surface area contributed by atoms with Crippen LogP contribution >= 0.6 is 23.2 Å². The molecule has 148 valence electrons. The average Bonchev–Trinajstić information content (AvgIpc) is 3.30. The largest absolute Gasteiger partial charge is 0.353 e. The normalized spacial score (nSPS) is 14.9. The van der Waals surface area contributed by atoms with E-state index in [9.17, 15) is 9.59 Å². The summed E-state index contributed by atoms with van der Waals surface area (Å²) >= 11 is 12.7. The summed E-state index contributed by atoms with van der Waals surface area (Å²) in [6.07, 6.45) is 4.42. The molecule has 0 spiro atoms. The van der Waals surface area contributed by atoms with E-state index in [1.807, 2.05) is 0 Å². The quantitative estimate of drug-likeness (QED) is 0.701. The van der Waals surface area contributed by atoms with E-state index in [0.717, 1.165) is 30.3 Å². The van der Waals surface area contributed by atoms with Crippen molar-refractivity contribution in [1.29, 1.82) is 0 Å². The van der Waals surface area contributed by atoms with Gasteiger partial charge in [0, 0.05) is 35.7 Å². The Bertz CT molecular complexity index is 1150. The average molecular weight is 422 g/mol.